The van der Waals surface area contributed by atoms with E-state index in [1.165, 1.54) is 12.1 Å². The molecule has 0 saturated carbocycles. The predicted octanol–water partition coefficient (Wildman–Crippen LogP) is 3.37. The van der Waals surface area contributed by atoms with Crippen LogP contribution in [0.25, 0.3) is 0 Å². The Kier molecular flexibility index (Phi) is 4.02. The van der Waals surface area contributed by atoms with Crippen LogP contribution in [-0.4, -0.2) is 13.6 Å². The van der Waals surface area contributed by atoms with Crippen LogP contribution in [0.1, 0.15) is 11.1 Å². The van der Waals surface area contributed by atoms with Crippen molar-refractivity contribution in [1.29, 1.82) is 0 Å². The molecule has 0 aliphatic rings. The molecule has 3 nitrogen and oxygen atoms in total. The number of rotatable bonds is 3. The summed E-state index contributed by atoms with van der Waals surface area (Å²) in [7, 11) is -3.77. The molecular formula is C14H12ClNO2S. The summed E-state index contributed by atoms with van der Waals surface area (Å²) in [5.41, 5.74) is 1.55. The lowest BCUT2D eigenvalue weighted by Crippen LogP contribution is -2.01. The lowest BCUT2D eigenvalue weighted by Gasteiger charge is -2.01. The van der Waals surface area contributed by atoms with Crippen molar-refractivity contribution in [2.75, 3.05) is 0 Å². The highest BCUT2D eigenvalue weighted by Gasteiger charge is 2.14. The molecule has 0 fully saturated rings. The van der Waals surface area contributed by atoms with Crippen molar-refractivity contribution in [1.82, 2.24) is 0 Å². The van der Waals surface area contributed by atoms with Crippen molar-refractivity contribution in [3.05, 3.63) is 65.7 Å². The number of nitrogens with zero attached hydrogens (tertiary/aromatic N) is 1. The summed E-state index contributed by atoms with van der Waals surface area (Å²) < 4.78 is 27.7. The first-order chi connectivity index (χ1) is 8.99. The molecule has 0 bridgehead atoms. The van der Waals surface area contributed by atoms with Crippen LogP contribution in [0.2, 0.25) is 0 Å². The molecule has 0 saturated heterocycles. The number of benzene rings is 2. The maximum Gasteiger partial charge on any atom is 0.283 e. The number of sulfonamides is 1. The Morgan fingerprint density at radius 2 is 1.58 bits per heavy atom. The van der Waals surface area contributed by atoms with Gasteiger partial charge in [0.25, 0.3) is 10.0 Å². The van der Waals surface area contributed by atoms with Crippen molar-refractivity contribution < 1.29 is 8.42 Å². The summed E-state index contributed by atoms with van der Waals surface area (Å²) in [6.07, 6.45) is 0. The third-order valence-electron chi connectivity index (χ3n) is 2.53. The summed E-state index contributed by atoms with van der Waals surface area (Å²) in [4.78, 5) is 0.132. The van der Waals surface area contributed by atoms with E-state index < -0.39 is 10.0 Å². The van der Waals surface area contributed by atoms with E-state index in [2.05, 4.69) is 4.40 Å². The topological polar surface area (TPSA) is 46.5 Å². The third kappa shape index (κ3) is 3.43. The van der Waals surface area contributed by atoms with Crippen LogP contribution >= 0.6 is 11.6 Å². The minimum Gasteiger partial charge on any atom is -0.199 e. The predicted molar refractivity (Wildman–Crippen MR) is 77.2 cm³/mol. The smallest absolute Gasteiger partial charge is 0.199 e. The minimum absolute atomic E-state index is 0.0406. The van der Waals surface area contributed by atoms with E-state index in [-0.39, 0.29) is 10.1 Å². The quantitative estimate of drug-likeness (QED) is 0.815. The second kappa shape index (κ2) is 5.55. The van der Waals surface area contributed by atoms with Crippen LogP contribution in [0.4, 0.5) is 0 Å². The van der Waals surface area contributed by atoms with Gasteiger partial charge in [0.15, 0.2) is 0 Å². The van der Waals surface area contributed by atoms with E-state index in [9.17, 15) is 8.42 Å². The van der Waals surface area contributed by atoms with Gasteiger partial charge in [0.1, 0.15) is 5.17 Å². The standard InChI is InChI=1S/C14H12ClNO2S/c1-11-7-9-13(10-8-11)19(17,18)16-14(15)12-5-3-2-4-6-12/h2-10H,1H3/b16-14+. The van der Waals surface area contributed by atoms with Gasteiger partial charge in [-0.2, -0.15) is 8.42 Å². The van der Waals surface area contributed by atoms with Crippen LogP contribution in [0.5, 0.6) is 0 Å². The number of hydrogen-bond acceptors (Lipinski definition) is 2. The molecule has 2 aromatic rings. The first-order valence-electron chi connectivity index (χ1n) is 5.61. The van der Waals surface area contributed by atoms with Crippen LogP contribution in [0.15, 0.2) is 63.9 Å². The summed E-state index contributed by atoms with van der Waals surface area (Å²) in [5.74, 6) is 0. The highest BCUT2D eigenvalue weighted by molar-refractivity contribution is 7.90. The van der Waals surface area contributed by atoms with E-state index in [1.807, 2.05) is 13.0 Å². The summed E-state index contributed by atoms with van der Waals surface area (Å²) in [5, 5.41) is -0.0406. The lowest BCUT2D eigenvalue weighted by molar-refractivity contribution is 0.598. The second-order valence-corrected chi connectivity index (χ2v) is 6.00. The van der Waals surface area contributed by atoms with E-state index in [4.69, 9.17) is 11.6 Å². The van der Waals surface area contributed by atoms with Crippen molar-refractivity contribution in [3.63, 3.8) is 0 Å². The Labute approximate surface area is 117 Å². The van der Waals surface area contributed by atoms with Crippen molar-refractivity contribution in [2.45, 2.75) is 11.8 Å². The normalized spacial score (nSPS) is 12.4. The average Bonchev–Trinajstić information content (AvgIpc) is 2.40. The molecule has 98 valence electrons. The molecule has 2 aromatic carbocycles. The van der Waals surface area contributed by atoms with Crippen molar-refractivity contribution >= 4 is 26.8 Å². The fourth-order valence-corrected chi connectivity index (χ4v) is 2.80. The van der Waals surface area contributed by atoms with E-state index in [0.717, 1.165) is 5.56 Å². The molecule has 0 spiro atoms. The Balaban J connectivity index is 2.39. The molecule has 19 heavy (non-hydrogen) atoms. The van der Waals surface area contributed by atoms with Crippen molar-refractivity contribution in [3.8, 4) is 0 Å². The molecular weight excluding hydrogens is 282 g/mol. The highest BCUT2D eigenvalue weighted by Crippen LogP contribution is 2.16. The van der Waals surface area contributed by atoms with Gasteiger partial charge in [-0.05, 0) is 19.1 Å². The summed E-state index contributed by atoms with van der Waals surface area (Å²) >= 11 is 5.94. The van der Waals surface area contributed by atoms with Gasteiger partial charge in [-0.15, -0.1) is 4.40 Å². The molecule has 0 aromatic heterocycles. The zero-order valence-corrected chi connectivity index (χ0v) is 11.8. The molecule has 0 radical (unpaired) electrons. The zero-order chi connectivity index (χ0) is 13.9. The molecule has 0 aliphatic carbocycles. The van der Waals surface area contributed by atoms with Crippen LogP contribution in [0.3, 0.4) is 0 Å². The molecule has 0 heterocycles. The molecule has 0 unspecified atom stereocenters. The number of hydrogen-bond donors (Lipinski definition) is 0. The largest absolute Gasteiger partial charge is 0.283 e. The molecule has 0 aliphatic heterocycles. The van der Waals surface area contributed by atoms with Gasteiger partial charge in [-0.1, -0.05) is 59.6 Å². The van der Waals surface area contributed by atoms with Gasteiger partial charge in [0.05, 0.1) is 4.90 Å². The van der Waals surface area contributed by atoms with E-state index in [0.29, 0.717) is 5.56 Å². The SMILES string of the molecule is Cc1ccc(S(=O)(=O)/N=C(/Cl)c2ccccc2)cc1. The van der Waals surface area contributed by atoms with Gasteiger partial charge in [0.2, 0.25) is 0 Å². The molecule has 0 amide bonds. The molecule has 0 N–H and O–H groups in total. The maximum absolute atomic E-state index is 12.1. The van der Waals surface area contributed by atoms with Gasteiger partial charge >= 0.3 is 0 Å². The maximum atomic E-state index is 12.1. The molecule has 5 heteroatoms. The van der Waals surface area contributed by atoms with Crippen LogP contribution in [0, 0.1) is 6.92 Å². The fourth-order valence-electron chi connectivity index (χ4n) is 1.50. The Bertz CT molecular complexity index is 692. The summed E-state index contributed by atoms with van der Waals surface area (Å²) in [6.45, 7) is 1.89. The van der Waals surface area contributed by atoms with Crippen LogP contribution in [-0.2, 0) is 10.0 Å². The van der Waals surface area contributed by atoms with E-state index in [1.54, 1.807) is 36.4 Å². The zero-order valence-electron chi connectivity index (χ0n) is 10.2. The minimum atomic E-state index is -3.77. The van der Waals surface area contributed by atoms with Gasteiger partial charge in [-0.3, -0.25) is 0 Å². The molecule has 2 rings (SSSR count). The monoisotopic (exact) mass is 293 g/mol. The van der Waals surface area contributed by atoms with Gasteiger partial charge in [-0.25, -0.2) is 0 Å². The van der Waals surface area contributed by atoms with Crippen LogP contribution < -0.4 is 0 Å². The Morgan fingerprint density at radius 3 is 2.16 bits per heavy atom. The fraction of sp³-hybridized carbons (Fsp3) is 0.0714. The Hall–Kier alpha value is -1.65. The molecule has 0 atom stereocenters. The lowest BCUT2D eigenvalue weighted by atomic mass is 10.2. The van der Waals surface area contributed by atoms with Crippen molar-refractivity contribution in [2.24, 2.45) is 4.40 Å². The average molecular weight is 294 g/mol. The van der Waals surface area contributed by atoms with Gasteiger partial charge in [0, 0.05) is 5.56 Å². The second-order valence-electron chi connectivity index (χ2n) is 4.04. The third-order valence-corrected chi connectivity index (χ3v) is 4.22. The number of halogens is 1. The summed E-state index contributed by atoms with van der Waals surface area (Å²) in [6, 6.07) is 15.2. The first-order valence-corrected chi connectivity index (χ1v) is 7.43. The van der Waals surface area contributed by atoms with Gasteiger partial charge < -0.3 is 0 Å². The Morgan fingerprint density at radius 1 is 1.00 bits per heavy atom. The highest BCUT2D eigenvalue weighted by atomic mass is 35.5. The number of aryl methyl sites for hydroxylation is 1. The first kappa shape index (κ1) is 13.8. The van der Waals surface area contributed by atoms with E-state index >= 15 is 0 Å².